The van der Waals surface area contributed by atoms with Crippen molar-refractivity contribution in [2.75, 3.05) is 0 Å². The van der Waals surface area contributed by atoms with Crippen molar-refractivity contribution in [2.24, 2.45) is 0 Å². The maximum Gasteiger partial charge on any atom is 0.0455 e. The molecule has 0 aliphatic rings. The molecule has 24 heavy (non-hydrogen) atoms. The third-order valence-electron chi connectivity index (χ3n) is 2.45. The van der Waals surface area contributed by atoms with E-state index in [0.717, 1.165) is 17.1 Å². The average molecular weight is 330 g/mol. The van der Waals surface area contributed by atoms with Crippen molar-refractivity contribution in [3.63, 3.8) is 0 Å². The van der Waals surface area contributed by atoms with E-state index in [1.807, 2.05) is 97.1 Å². The Hall–Kier alpha value is -2.28. The summed E-state index contributed by atoms with van der Waals surface area (Å²) in [7, 11) is 0. The minimum Gasteiger partial charge on any atom is -0.311 e. The van der Waals surface area contributed by atoms with Gasteiger partial charge in [-0.15, -0.1) is 13.2 Å². The second kappa shape index (κ2) is 25.7. The maximum atomic E-state index is 3.87. The van der Waals surface area contributed by atoms with Crippen molar-refractivity contribution in [1.29, 1.82) is 0 Å². The van der Waals surface area contributed by atoms with Crippen molar-refractivity contribution in [3.8, 4) is 0 Å². The van der Waals surface area contributed by atoms with E-state index in [9.17, 15) is 0 Å². The van der Waals surface area contributed by atoms with Gasteiger partial charge in [-0.2, -0.15) is 0 Å². The molecule has 0 aromatic carbocycles. The normalized spacial score (nSPS) is 10.9. The molecule has 0 atom stereocenters. The van der Waals surface area contributed by atoms with Gasteiger partial charge in [0.2, 0.25) is 0 Å². The SMILES string of the molecule is C=C.C=C/C(=C\C)N(/C(C=C)=C/C)/C(C=C)=C/C=C\C.CC.CC. The molecular formula is C23H39N. The van der Waals surface area contributed by atoms with Gasteiger partial charge in [0.15, 0.2) is 0 Å². The van der Waals surface area contributed by atoms with Crippen LogP contribution in [0.25, 0.3) is 0 Å². The van der Waals surface area contributed by atoms with Gasteiger partial charge in [0.25, 0.3) is 0 Å². The maximum absolute atomic E-state index is 3.87. The molecule has 0 amide bonds. The van der Waals surface area contributed by atoms with Crippen LogP contribution in [-0.2, 0) is 0 Å². The molecule has 0 unspecified atom stereocenters. The Labute approximate surface area is 152 Å². The molecule has 136 valence electrons. The van der Waals surface area contributed by atoms with Crippen LogP contribution in [0, 0.1) is 0 Å². The van der Waals surface area contributed by atoms with Crippen molar-refractivity contribution >= 4 is 0 Å². The molecule has 0 spiro atoms. The van der Waals surface area contributed by atoms with E-state index in [0.29, 0.717) is 0 Å². The minimum atomic E-state index is 0.981. The third kappa shape index (κ3) is 12.3. The Bertz CT molecular complexity index is 407. The van der Waals surface area contributed by atoms with Crippen LogP contribution in [0.2, 0.25) is 0 Å². The molecule has 0 bridgehead atoms. The average Bonchev–Trinajstić information content (AvgIpc) is 2.68. The Morgan fingerprint density at radius 2 is 1.00 bits per heavy atom. The zero-order chi connectivity index (χ0) is 20.0. The molecule has 0 aromatic rings. The number of allylic oxidation sites excluding steroid dienone is 8. The highest BCUT2D eigenvalue weighted by Gasteiger charge is 2.11. The van der Waals surface area contributed by atoms with Crippen molar-refractivity contribution < 1.29 is 0 Å². The first-order valence-electron chi connectivity index (χ1n) is 8.53. The van der Waals surface area contributed by atoms with Crippen LogP contribution in [0.4, 0.5) is 0 Å². The van der Waals surface area contributed by atoms with Crippen LogP contribution in [0.5, 0.6) is 0 Å². The van der Waals surface area contributed by atoms with Gasteiger partial charge in [-0.25, -0.2) is 0 Å². The lowest BCUT2D eigenvalue weighted by Crippen LogP contribution is -2.18. The predicted octanol–water partition coefficient (Wildman–Crippen LogP) is 7.97. The summed E-state index contributed by atoms with van der Waals surface area (Å²) in [6.45, 7) is 31.5. The van der Waals surface area contributed by atoms with Gasteiger partial charge in [-0.3, -0.25) is 0 Å². The monoisotopic (exact) mass is 329 g/mol. The molecule has 1 heteroatoms. The fourth-order valence-corrected chi connectivity index (χ4v) is 1.55. The van der Waals surface area contributed by atoms with Crippen LogP contribution < -0.4 is 0 Å². The fraction of sp³-hybridized carbons (Fsp3) is 0.304. The van der Waals surface area contributed by atoms with Crippen molar-refractivity contribution in [1.82, 2.24) is 4.90 Å². The number of hydrogen-bond acceptors (Lipinski definition) is 1. The number of hydrogen-bond donors (Lipinski definition) is 0. The highest BCUT2D eigenvalue weighted by atomic mass is 15.2. The summed E-state index contributed by atoms with van der Waals surface area (Å²) in [4.78, 5) is 2.06. The summed E-state index contributed by atoms with van der Waals surface area (Å²) in [5.74, 6) is 0. The van der Waals surface area contributed by atoms with E-state index in [2.05, 4.69) is 37.8 Å². The summed E-state index contributed by atoms with van der Waals surface area (Å²) in [5.41, 5.74) is 2.98. The standard InChI is InChI=1S/C17H23N.2C2H6.C2H4/c1-7-13-14-17(12-6)18(15(8-2)9-3)16(10-4)11-5;3*1-2/h7-14H,2,4,6H2,1,3,5H3;2*1-2H3;1-2H2/b13-7-,15-9+,16-11+,17-14+;;;. The highest BCUT2D eigenvalue weighted by molar-refractivity contribution is 5.37. The zero-order valence-corrected chi connectivity index (χ0v) is 17.1. The number of rotatable bonds is 7. The lowest BCUT2D eigenvalue weighted by molar-refractivity contribution is 0.576. The molecule has 0 rings (SSSR count). The predicted molar refractivity (Wildman–Crippen MR) is 117 cm³/mol. The molecular weight excluding hydrogens is 290 g/mol. The lowest BCUT2D eigenvalue weighted by atomic mass is 10.2. The lowest BCUT2D eigenvalue weighted by Gasteiger charge is -2.27. The molecule has 0 aliphatic heterocycles. The number of nitrogens with zero attached hydrogens (tertiary/aromatic N) is 1. The highest BCUT2D eigenvalue weighted by Crippen LogP contribution is 2.22. The second-order valence-corrected chi connectivity index (χ2v) is 3.49. The molecule has 0 aliphatic carbocycles. The Morgan fingerprint density at radius 3 is 1.21 bits per heavy atom. The Kier molecular flexibility index (Phi) is 31.8. The summed E-state index contributed by atoms with van der Waals surface area (Å²) in [5, 5.41) is 0. The molecule has 0 saturated heterocycles. The second-order valence-electron chi connectivity index (χ2n) is 3.49. The van der Waals surface area contributed by atoms with Crippen LogP contribution in [0.1, 0.15) is 48.5 Å². The largest absolute Gasteiger partial charge is 0.311 e. The third-order valence-corrected chi connectivity index (χ3v) is 2.45. The quantitative estimate of drug-likeness (QED) is 0.338. The Morgan fingerprint density at radius 1 is 0.667 bits per heavy atom. The molecule has 0 heterocycles. The van der Waals surface area contributed by atoms with Crippen molar-refractivity contribution in [3.05, 3.63) is 98.6 Å². The van der Waals surface area contributed by atoms with Gasteiger partial charge in [0.05, 0.1) is 0 Å². The van der Waals surface area contributed by atoms with E-state index >= 15 is 0 Å². The molecule has 0 N–H and O–H groups in total. The molecule has 0 fully saturated rings. The summed E-state index contributed by atoms with van der Waals surface area (Å²) in [6, 6.07) is 0. The molecule has 0 radical (unpaired) electrons. The fourth-order valence-electron chi connectivity index (χ4n) is 1.55. The first-order valence-corrected chi connectivity index (χ1v) is 8.53. The summed E-state index contributed by atoms with van der Waals surface area (Å²) in [6.07, 6.45) is 15.4. The van der Waals surface area contributed by atoms with Gasteiger partial charge >= 0.3 is 0 Å². The minimum absolute atomic E-state index is 0.981. The van der Waals surface area contributed by atoms with Gasteiger partial charge < -0.3 is 4.90 Å². The van der Waals surface area contributed by atoms with E-state index in [1.165, 1.54) is 0 Å². The first kappa shape index (κ1) is 29.7. The smallest absolute Gasteiger partial charge is 0.0455 e. The van der Waals surface area contributed by atoms with E-state index in [1.54, 1.807) is 0 Å². The van der Waals surface area contributed by atoms with Gasteiger partial charge in [0.1, 0.15) is 0 Å². The zero-order valence-electron chi connectivity index (χ0n) is 17.1. The van der Waals surface area contributed by atoms with E-state index in [4.69, 9.17) is 0 Å². The summed E-state index contributed by atoms with van der Waals surface area (Å²) >= 11 is 0. The van der Waals surface area contributed by atoms with Crippen LogP contribution in [0.3, 0.4) is 0 Å². The van der Waals surface area contributed by atoms with Crippen LogP contribution in [-0.4, -0.2) is 4.90 Å². The molecule has 0 aromatic heterocycles. The molecule has 0 saturated carbocycles. The Balaban J connectivity index is -0.000000297. The van der Waals surface area contributed by atoms with Crippen LogP contribution in [0.15, 0.2) is 98.6 Å². The van der Waals surface area contributed by atoms with Gasteiger partial charge in [-0.05, 0) is 45.1 Å². The van der Waals surface area contributed by atoms with Gasteiger partial charge in [-0.1, -0.05) is 71.7 Å². The van der Waals surface area contributed by atoms with Gasteiger partial charge in [0, 0.05) is 17.1 Å². The molecule has 1 nitrogen and oxygen atoms in total. The topological polar surface area (TPSA) is 3.24 Å². The van der Waals surface area contributed by atoms with Crippen molar-refractivity contribution in [2.45, 2.75) is 48.5 Å². The van der Waals surface area contributed by atoms with E-state index < -0.39 is 0 Å². The first-order chi connectivity index (χ1) is 11.7. The van der Waals surface area contributed by atoms with Crippen LogP contribution >= 0.6 is 0 Å². The van der Waals surface area contributed by atoms with E-state index in [-0.39, 0.29) is 0 Å². The summed E-state index contributed by atoms with van der Waals surface area (Å²) < 4.78 is 0.